The van der Waals surface area contributed by atoms with Gasteiger partial charge in [-0.05, 0) is 36.4 Å². The van der Waals surface area contributed by atoms with Gasteiger partial charge in [-0.2, -0.15) is 23.0 Å². The Labute approximate surface area is 217 Å². The maximum atomic E-state index is 13.2. The van der Waals surface area contributed by atoms with Crippen LogP contribution in [-0.2, 0) is 11.0 Å². The number of nitrogens with zero attached hydrogens (tertiary/aromatic N) is 3. The van der Waals surface area contributed by atoms with Crippen LogP contribution in [-0.4, -0.2) is 27.3 Å². The van der Waals surface area contributed by atoms with Crippen LogP contribution in [0.2, 0.25) is 15.1 Å². The lowest BCUT2D eigenvalue weighted by molar-refractivity contribution is -0.141. The van der Waals surface area contributed by atoms with Crippen LogP contribution in [0.3, 0.4) is 0 Å². The van der Waals surface area contributed by atoms with E-state index in [9.17, 15) is 18.0 Å². The highest BCUT2D eigenvalue weighted by molar-refractivity contribution is 6.35. The van der Waals surface area contributed by atoms with Gasteiger partial charge in [-0.1, -0.05) is 46.9 Å². The molecule has 2 aromatic heterocycles. The van der Waals surface area contributed by atoms with Gasteiger partial charge in [0.2, 0.25) is 11.8 Å². The molecular weight excluding hydrogens is 544 g/mol. The number of rotatable bonds is 7. The Bertz CT molecular complexity index is 1400. The number of para-hydroxylation sites is 1. The van der Waals surface area contributed by atoms with E-state index in [0.717, 1.165) is 4.68 Å². The zero-order chi connectivity index (χ0) is 25.9. The number of ether oxygens (including phenoxy) is 2. The highest BCUT2D eigenvalue weighted by Gasteiger charge is 2.36. The summed E-state index contributed by atoms with van der Waals surface area (Å²) < 4.78 is 51.5. The van der Waals surface area contributed by atoms with Crippen LogP contribution in [0.5, 0.6) is 17.5 Å². The molecule has 4 aromatic rings. The highest BCUT2D eigenvalue weighted by Crippen LogP contribution is 2.34. The van der Waals surface area contributed by atoms with Crippen LogP contribution in [0.1, 0.15) is 5.69 Å². The average Bonchev–Trinajstić information content (AvgIpc) is 3.26. The smallest absolute Gasteiger partial charge is 0.435 e. The van der Waals surface area contributed by atoms with Crippen molar-refractivity contribution in [2.75, 3.05) is 11.9 Å². The van der Waals surface area contributed by atoms with Crippen LogP contribution >= 0.6 is 34.8 Å². The molecule has 0 atom stereocenters. The molecule has 0 spiro atoms. The Morgan fingerprint density at radius 2 is 1.78 bits per heavy atom. The zero-order valence-corrected chi connectivity index (χ0v) is 20.2. The van der Waals surface area contributed by atoms with Gasteiger partial charge in [-0.15, -0.1) is 0 Å². The van der Waals surface area contributed by atoms with Crippen molar-refractivity contribution in [1.82, 2.24) is 14.8 Å². The van der Waals surface area contributed by atoms with E-state index in [1.807, 2.05) is 0 Å². The van der Waals surface area contributed by atoms with Crippen molar-refractivity contribution in [3.05, 3.63) is 87.6 Å². The van der Waals surface area contributed by atoms with Gasteiger partial charge in [-0.3, -0.25) is 4.79 Å². The second kappa shape index (κ2) is 10.7. The summed E-state index contributed by atoms with van der Waals surface area (Å²) in [5.41, 5.74) is -0.738. The first-order valence-electron chi connectivity index (χ1n) is 10.0. The van der Waals surface area contributed by atoms with Crippen molar-refractivity contribution >= 4 is 46.4 Å². The minimum atomic E-state index is -4.72. The number of pyridine rings is 1. The Balaban J connectivity index is 1.42. The Morgan fingerprint density at radius 3 is 2.44 bits per heavy atom. The quantitative estimate of drug-likeness (QED) is 0.263. The van der Waals surface area contributed by atoms with E-state index in [1.165, 1.54) is 36.5 Å². The summed E-state index contributed by atoms with van der Waals surface area (Å²) in [5, 5.41) is 6.96. The predicted molar refractivity (Wildman–Crippen MR) is 128 cm³/mol. The number of anilines is 1. The molecule has 2 aromatic carbocycles. The molecule has 0 bridgehead atoms. The van der Waals surface area contributed by atoms with Gasteiger partial charge in [0.15, 0.2) is 12.3 Å². The lowest BCUT2D eigenvalue weighted by atomic mass is 10.3. The molecule has 0 saturated heterocycles. The van der Waals surface area contributed by atoms with Crippen LogP contribution in [0.4, 0.5) is 18.9 Å². The van der Waals surface area contributed by atoms with Crippen molar-refractivity contribution in [2.45, 2.75) is 6.18 Å². The molecule has 0 unspecified atom stereocenters. The first-order chi connectivity index (χ1) is 17.1. The second-order valence-electron chi connectivity index (χ2n) is 7.13. The van der Waals surface area contributed by atoms with Crippen molar-refractivity contribution in [1.29, 1.82) is 0 Å². The van der Waals surface area contributed by atoms with Crippen LogP contribution < -0.4 is 14.8 Å². The molecule has 0 aliphatic carbocycles. The van der Waals surface area contributed by atoms with E-state index in [2.05, 4.69) is 15.4 Å². The summed E-state index contributed by atoms with van der Waals surface area (Å²) in [4.78, 5) is 16.4. The standard InChI is InChI=1S/C23H14Cl3F3N4O3/c24-13-5-7-18(16(26)9-13)36-21-8-6-14(11-30-21)31-20(34)12-35-22-10-19(23(27,28)29)32-33(22)17-4-2-1-3-15(17)25/h1-11H,12H2,(H,31,34). The Hall–Kier alpha value is -3.47. The van der Waals surface area contributed by atoms with Gasteiger partial charge >= 0.3 is 6.18 Å². The van der Waals surface area contributed by atoms with Gasteiger partial charge in [0.25, 0.3) is 5.91 Å². The van der Waals surface area contributed by atoms with Crippen molar-refractivity contribution in [3.8, 4) is 23.2 Å². The summed E-state index contributed by atoms with van der Waals surface area (Å²) >= 11 is 18.0. The third kappa shape index (κ3) is 6.20. The van der Waals surface area contributed by atoms with Crippen LogP contribution in [0.25, 0.3) is 5.69 Å². The van der Waals surface area contributed by atoms with E-state index in [0.29, 0.717) is 27.5 Å². The van der Waals surface area contributed by atoms with Gasteiger partial charge in [0.05, 0.1) is 27.6 Å². The molecule has 1 N–H and O–H groups in total. The number of hydrogen-bond donors (Lipinski definition) is 1. The van der Waals surface area contributed by atoms with E-state index < -0.39 is 24.4 Å². The molecule has 4 rings (SSSR count). The maximum Gasteiger partial charge on any atom is 0.435 e. The summed E-state index contributed by atoms with van der Waals surface area (Å²) in [5.74, 6) is -0.414. The van der Waals surface area contributed by atoms with Crippen LogP contribution in [0, 0.1) is 0 Å². The number of nitrogens with one attached hydrogen (secondary N) is 1. The van der Waals surface area contributed by atoms with E-state index in [-0.39, 0.29) is 22.5 Å². The second-order valence-corrected chi connectivity index (χ2v) is 8.38. The fourth-order valence-electron chi connectivity index (χ4n) is 2.92. The molecule has 0 aliphatic heterocycles. The van der Waals surface area contributed by atoms with Gasteiger partial charge in [-0.25, -0.2) is 4.98 Å². The number of aromatic nitrogens is 3. The lowest BCUT2D eigenvalue weighted by Gasteiger charge is -2.11. The summed E-state index contributed by atoms with van der Waals surface area (Å²) in [6.45, 7) is -0.605. The van der Waals surface area contributed by atoms with Gasteiger partial charge < -0.3 is 14.8 Å². The van der Waals surface area contributed by atoms with Crippen molar-refractivity contribution < 1.29 is 27.4 Å². The van der Waals surface area contributed by atoms with Crippen molar-refractivity contribution in [2.24, 2.45) is 0 Å². The number of carbonyl (C=O) groups is 1. The minimum Gasteiger partial charge on any atom is -0.467 e. The average molecular weight is 558 g/mol. The fraction of sp³-hybridized carbons (Fsp3) is 0.0870. The monoisotopic (exact) mass is 556 g/mol. The minimum absolute atomic E-state index is 0.150. The summed E-state index contributed by atoms with van der Waals surface area (Å²) in [7, 11) is 0. The third-order valence-corrected chi connectivity index (χ3v) is 5.38. The molecule has 0 saturated carbocycles. The molecule has 1 amide bonds. The van der Waals surface area contributed by atoms with E-state index in [1.54, 1.807) is 24.3 Å². The molecular formula is C23H14Cl3F3N4O3. The number of amides is 1. The molecule has 36 heavy (non-hydrogen) atoms. The normalized spacial score (nSPS) is 11.3. The lowest BCUT2D eigenvalue weighted by Crippen LogP contribution is -2.21. The topological polar surface area (TPSA) is 78.3 Å². The summed E-state index contributed by atoms with van der Waals surface area (Å²) in [6, 6.07) is 14.5. The molecule has 0 radical (unpaired) electrons. The molecule has 0 fully saturated rings. The number of alkyl halides is 3. The number of benzene rings is 2. The Morgan fingerprint density at radius 1 is 1.00 bits per heavy atom. The SMILES string of the molecule is O=C(COc1cc(C(F)(F)F)nn1-c1ccccc1Cl)Nc1ccc(Oc2ccc(Cl)cc2Cl)nc1. The Kier molecular flexibility index (Phi) is 7.58. The zero-order valence-electron chi connectivity index (χ0n) is 17.9. The summed E-state index contributed by atoms with van der Waals surface area (Å²) in [6.07, 6.45) is -3.40. The number of halogens is 6. The van der Waals surface area contributed by atoms with Crippen LogP contribution in [0.15, 0.2) is 66.9 Å². The van der Waals surface area contributed by atoms with Gasteiger partial charge in [0, 0.05) is 17.2 Å². The number of carbonyl (C=O) groups excluding carboxylic acids is 1. The predicted octanol–water partition coefficient (Wildman–Crippen LogP) is 7.06. The maximum absolute atomic E-state index is 13.2. The molecule has 7 nitrogen and oxygen atoms in total. The molecule has 2 heterocycles. The fourth-order valence-corrected chi connectivity index (χ4v) is 3.59. The third-order valence-electron chi connectivity index (χ3n) is 4.53. The largest absolute Gasteiger partial charge is 0.467 e. The number of hydrogen-bond acceptors (Lipinski definition) is 5. The van der Waals surface area contributed by atoms with E-state index in [4.69, 9.17) is 44.3 Å². The first kappa shape index (κ1) is 25.6. The highest BCUT2D eigenvalue weighted by atomic mass is 35.5. The molecule has 13 heteroatoms. The van der Waals surface area contributed by atoms with Crippen molar-refractivity contribution in [3.63, 3.8) is 0 Å². The van der Waals surface area contributed by atoms with E-state index >= 15 is 0 Å². The molecule has 0 aliphatic rings. The first-order valence-corrected chi connectivity index (χ1v) is 11.2. The van der Waals surface area contributed by atoms with Gasteiger partial charge in [0.1, 0.15) is 5.75 Å². The molecule has 186 valence electrons.